The lowest BCUT2D eigenvalue weighted by Gasteiger charge is -2.22. The monoisotopic (exact) mass is 380 g/mol. The number of benzene rings is 1. The molecular formula is C20H20N4O4. The Morgan fingerprint density at radius 1 is 1.32 bits per heavy atom. The van der Waals surface area contributed by atoms with E-state index in [-0.39, 0.29) is 24.8 Å². The number of carbonyl (C=O) groups excluding carboxylic acids is 2. The molecule has 0 fully saturated rings. The number of hydrogen-bond acceptors (Lipinski definition) is 6. The lowest BCUT2D eigenvalue weighted by molar-refractivity contribution is -0.140. The predicted octanol–water partition coefficient (Wildman–Crippen LogP) is 2.37. The molecule has 0 unspecified atom stereocenters. The first kappa shape index (κ1) is 18.0. The Kier molecular flexibility index (Phi) is 4.92. The highest BCUT2D eigenvalue weighted by molar-refractivity contribution is 6.07. The fraction of sp³-hybridized carbons (Fsp3) is 0.300. The van der Waals surface area contributed by atoms with Gasteiger partial charge in [-0.15, -0.1) is 5.10 Å². The normalized spacial score (nSPS) is 15.6. The van der Waals surface area contributed by atoms with Gasteiger partial charge in [-0.3, -0.25) is 19.2 Å². The molecule has 1 aromatic heterocycles. The minimum Gasteiger partial charge on any atom is -0.469 e. The molecule has 8 nitrogen and oxygen atoms in total. The largest absolute Gasteiger partial charge is 0.469 e. The van der Waals surface area contributed by atoms with Gasteiger partial charge >= 0.3 is 5.97 Å². The molecule has 0 radical (unpaired) electrons. The average molecular weight is 380 g/mol. The van der Waals surface area contributed by atoms with Crippen LogP contribution in [0, 0.1) is 0 Å². The molecule has 0 saturated carbocycles. The van der Waals surface area contributed by atoms with Gasteiger partial charge in [0.05, 0.1) is 44.1 Å². The molecular weight excluding hydrogens is 360 g/mol. The Balaban J connectivity index is 1.60. The van der Waals surface area contributed by atoms with E-state index in [1.807, 2.05) is 36.4 Å². The fourth-order valence-electron chi connectivity index (χ4n) is 3.25. The van der Waals surface area contributed by atoms with Crippen LogP contribution in [0.1, 0.15) is 25.0 Å². The molecule has 4 rings (SSSR count). The first-order valence-electron chi connectivity index (χ1n) is 9.10. The number of carbonyl (C=O) groups is 2. The summed E-state index contributed by atoms with van der Waals surface area (Å²) in [6.45, 7) is 0.630. The van der Waals surface area contributed by atoms with Crippen molar-refractivity contribution in [3.05, 3.63) is 59.6 Å². The molecule has 1 aliphatic carbocycles. The van der Waals surface area contributed by atoms with E-state index in [1.54, 1.807) is 15.8 Å². The number of rotatable bonds is 5. The second kappa shape index (κ2) is 7.67. The zero-order chi connectivity index (χ0) is 19.5. The van der Waals surface area contributed by atoms with Gasteiger partial charge in [0.25, 0.3) is 5.91 Å². The molecule has 28 heavy (non-hydrogen) atoms. The van der Waals surface area contributed by atoms with Crippen LogP contribution in [0.25, 0.3) is 0 Å². The van der Waals surface area contributed by atoms with Gasteiger partial charge < -0.3 is 9.47 Å². The van der Waals surface area contributed by atoms with E-state index in [0.717, 1.165) is 6.42 Å². The molecule has 1 aromatic carbocycles. The number of esters is 1. The van der Waals surface area contributed by atoms with Crippen molar-refractivity contribution in [1.82, 2.24) is 15.0 Å². The van der Waals surface area contributed by atoms with Gasteiger partial charge in [-0.2, -0.15) is 0 Å². The Bertz CT molecular complexity index is 976. The van der Waals surface area contributed by atoms with Gasteiger partial charge in [0.15, 0.2) is 5.75 Å². The molecule has 1 amide bonds. The molecule has 2 heterocycles. The van der Waals surface area contributed by atoms with Crippen molar-refractivity contribution in [2.75, 3.05) is 12.0 Å². The van der Waals surface area contributed by atoms with Crippen molar-refractivity contribution in [1.29, 1.82) is 0 Å². The van der Waals surface area contributed by atoms with Crippen LogP contribution in [0.5, 0.6) is 5.75 Å². The highest BCUT2D eigenvalue weighted by atomic mass is 16.5. The van der Waals surface area contributed by atoms with Crippen molar-refractivity contribution in [2.24, 2.45) is 0 Å². The van der Waals surface area contributed by atoms with Crippen LogP contribution in [-0.2, 0) is 27.4 Å². The van der Waals surface area contributed by atoms with E-state index in [9.17, 15) is 9.59 Å². The van der Waals surface area contributed by atoms with Crippen LogP contribution in [0.3, 0.4) is 0 Å². The number of anilines is 1. The molecule has 8 heteroatoms. The van der Waals surface area contributed by atoms with E-state index in [2.05, 4.69) is 15.0 Å². The highest BCUT2D eigenvalue weighted by Crippen LogP contribution is 2.37. The third-order valence-electron chi connectivity index (χ3n) is 4.69. The molecule has 0 saturated heterocycles. The third-order valence-corrected chi connectivity index (χ3v) is 4.69. The van der Waals surface area contributed by atoms with Crippen molar-refractivity contribution in [3.63, 3.8) is 0 Å². The van der Waals surface area contributed by atoms with Gasteiger partial charge in [0, 0.05) is 0 Å². The number of amides is 1. The van der Waals surface area contributed by atoms with E-state index in [1.165, 1.54) is 7.11 Å². The van der Waals surface area contributed by atoms with Crippen molar-refractivity contribution < 1.29 is 19.1 Å². The Morgan fingerprint density at radius 3 is 3.04 bits per heavy atom. The van der Waals surface area contributed by atoms with Gasteiger partial charge in [0.2, 0.25) is 0 Å². The number of para-hydroxylation sites is 2. The van der Waals surface area contributed by atoms with Crippen LogP contribution in [0.4, 0.5) is 5.69 Å². The number of nitrogens with zero attached hydrogens (tertiary/aromatic N) is 4. The number of methoxy groups -OCH3 is 1. The third kappa shape index (κ3) is 3.53. The van der Waals surface area contributed by atoms with Gasteiger partial charge in [-0.05, 0) is 31.1 Å². The SMILES string of the molecule is COC(=O)CCn1cc(CN2C(=O)C3=C(C=CCC3)Oc3ccccc32)nn1. The van der Waals surface area contributed by atoms with Crippen molar-refractivity contribution >= 4 is 17.6 Å². The maximum absolute atomic E-state index is 13.2. The summed E-state index contributed by atoms with van der Waals surface area (Å²) in [5.41, 5.74) is 1.99. The summed E-state index contributed by atoms with van der Waals surface area (Å²) in [4.78, 5) is 26.2. The predicted molar refractivity (Wildman–Crippen MR) is 100 cm³/mol. The summed E-state index contributed by atoms with van der Waals surface area (Å²) in [7, 11) is 1.35. The highest BCUT2D eigenvalue weighted by Gasteiger charge is 2.30. The van der Waals surface area contributed by atoms with Crippen molar-refractivity contribution in [2.45, 2.75) is 32.4 Å². The first-order valence-corrected chi connectivity index (χ1v) is 9.10. The number of allylic oxidation sites excluding steroid dienone is 2. The van der Waals surface area contributed by atoms with Crippen LogP contribution in [-0.4, -0.2) is 34.0 Å². The quantitative estimate of drug-likeness (QED) is 0.740. The van der Waals surface area contributed by atoms with E-state index >= 15 is 0 Å². The molecule has 0 N–H and O–H groups in total. The van der Waals surface area contributed by atoms with Gasteiger partial charge in [0.1, 0.15) is 11.5 Å². The molecule has 0 spiro atoms. The zero-order valence-corrected chi connectivity index (χ0v) is 15.5. The van der Waals surface area contributed by atoms with Crippen molar-refractivity contribution in [3.8, 4) is 5.75 Å². The lowest BCUT2D eigenvalue weighted by atomic mass is 10.0. The Morgan fingerprint density at radius 2 is 2.18 bits per heavy atom. The molecule has 2 aromatic rings. The number of ether oxygens (including phenoxy) is 2. The number of aryl methyl sites for hydroxylation is 1. The fourth-order valence-corrected chi connectivity index (χ4v) is 3.25. The van der Waals surface area contributed by atoms with Gasteiger partial charge in [-0.1, -0.05) is 23.4 Å². The maximum atomic E-state index is 13.2. The van der Waals surface area contributed by atoms with Crippen LogP contribution in [0.15, 0.2) is 53.9 Å². The minimum atomic E-state index is -0.310. The van der Waals surface area contributed by atoms with E-state index in [4.69, 9.17) is 4.74 Å². The standard InChI is InChI=1S/C20H20N4O4/c1-27-19(25)10-11-23-12-14(21-22-23)13-24-16-7-3-5-9-18(16)28-17-8-4-2-6-15(17)20(24)26/h3-5,7-9,12H,2,6,10-11,13H2,1H3. The smallest absolute Gasteiger partial charge is 0.307 e. The zero-order valence-electron chi connectivity index (χ0n) is 15.5. The van der Waals surface area contributed by atoms with E-state index in [0.29, 0.717) is 41.4 Å². The summed E-state index contributed by atoms with van der Waals surface area (Å²) in [5.74, 6) is 0.836. The molecule has 0 atom stereocenters. The number of hydrogen-bond donors (Lipinski definition) is 0. The molecule has 144 valence electrons. The Labute approximate surface area is 162 Å². The number of aromatic nitrogens is 3. The van der Waals surface area contributed by atoms with E-state index < -0.39 is 0 Å². The van der Waals surface area contributed by atoms with Crippen LogP contribution >= 0.6 is 0 Å². The second-order valence-corrected chi connectivity index (χ2v) is 6.54. The Hall–Kier alpha value is -3.42. The summed E-state index contributed by atoms with van der Waals surface area (Å²) in [6.07, 6.45) is 7.27. The molecule has 1 aliphatic heterocycles. The summed E-state index contributed by atoms with van der Waals surface area (Å²) in [6, 6.07) is 7.46. The molecule has 2 aliphatic rings. The maximum Gasteiger partial charge on any atom is 0.307 e. The first-order chi connectivity index (χ1) is 13.7. The lowest BCUT2D eigenvalue weighted by Crippen LogP contribution is -2.31. The van der Waals surface area contributed by atoms with Crippen LogP contribution < -0.4 is 9.64 Å². The minimum absolute atomic E-state index is 0.0894. The summed E-state index contributed by atoms with van der Waals surface area (Å²) >= 11 is 0. The summed E-state index contributed by atoms with van der Waals surface area (Å²) in [5, 5.41) is 8.19. The number of fused-ring (bicyclic) bond motifs is 1. The average Bonchev–Trinajstić information content (AvgIpc) is 3.14. The van der Waals surface area contributed by atoms with Crippen LogP contribution in [0.2, 0.25) is 0 Å². The molecule has 0 bridgehead atoms. The topological polar surface area (TPSA) is 86.5 Å². The summed E-state index contributed by atoms with van der Waals surface area (Å²) < 4.78 is 12.2. The second-order valence-electron chi connectivity index (χ2n) is 6.54. The van der Waals surface area contributed by atoms with Gasteiger partial charge in [-0.25, -0.2) is 0 Å².